The number of ether oxygens (including phenoxy) is 2. The summed E-state index contributed by atoms with van der Waals surface area (Å²) in [5.74, 6) is 1.06. The van der Waals surface area contributed by atoms with Crippen LogP contribution in [0.15, 0.2) is 36.1 Å². The zero-order valence-electron chi connectivity index (χ0n) is 16.0. The number of aliphatic hydroxyl groups excluding tert-OH is 1. The number of benzene rings is 1. The number of halogens is 3. The molecule has 5 nitrogen and oxygen atoms in total. The van der Waals surface area contributed by atoms with Gasteiger partial charge in [-0.05, 0) is 43.5 Å². The van der Waals surface area contributed by atoms with Gasteiger partial charge in [0.15, 0.2) is 5.76 Å². The van der Waals surface area contributed by atoms with Crippen LogP contribution in [0.5, 0.6) is 0 Å². The van der Waals surface area contributed by atoms with Gasteiger partial charge < -0.3 is 19.9 Å². The molecule has 2 rings (SSSR count). The average Bonchev–Trinajstić information content (AvgIpc) is 2.70. The maximum atomic E-state index is 12.9. The third-order valence-corrected chi connectivity index (χ3v) is 4.61. The Morgan fingerprint density at radius 2 is 2.03 bits per heavy atom. The van der Waals surface area contributed by atoms with E-state index in [9.17, 15) is 23.1 Å². The van der Waals surface area contributed by atoms with Crippen molar-refractivity contribution < 1.29 is 32.5 Å². The Morgan fingerprint density at radius 1 is 1.34 bits per heavy atom. The molecule has 1 aromatic rings. The van der Waals surface area contributed by atoms with Crippen molar-refractivity contribution in [2.75, 3.05) is 19.8 Å². The second kappa shape index (κ2) is 10.3. The fraction of sp³-hybridized carbons (Fsp3) is 0.476. The first-order valence-corrected chi connectivity index (χ1v) is 9.31. The molecule has 0 radical (unpaired) electrons. The number of carbonyl (C=O) groups excluding carboxylic acids is 1. The maximum absolute atomic E-state index is 12.9. The minimum atomic E-state index is -4.44. The number of aliphatic hydroxyl groups is 1. The largest absolute Gasteiger partial charge is 0.459 e. The quantitative estimate of drug-likeness (QED) is 0.645. The van der Waals surface area contributed by atoms with E-state index in [0.29, 0.717) is 25.0 Å². The highest BCUT2D eigenvalue weighted by Gasteiger charge is 2.38. The molecule has 1 aliphatic heterocycles. The number of carbonyl (C=O) groups is 1. The topological polar surface area (TPSA) is 67.8 Å². The summed E-state index contributed by atoms with van der Waals surface area (Å²) in [6.45, 7) is 2.06. The molecule has 1 aromatic carbocycles. The van der Waals surface area contributed by atoms with E-state index in [1.54, 1.807) is 13.0 Å². The van der Waals surface area contributed by atoms with Crippen LogP contribution in [-0.4, -0.2) is 37.1 Å². The number of hydrogen-bond donors (Lipinski definition) is 2. The van der Waals surface area contributed by atoms with Crippen LogP contribution in [0, 0.1) is 18.3 Å². The lowest BCUT2D eigenvalue weighted by Gasteiger charge is -2.37. The number of alkyl halides is 3. The molecule has 1 amide bonds. The van der Waals surface area contributed by atoms with Crippen LogP contribution in [0.25, 0.3) is 0 Å². The molecule has 0 fully saturated rings. The fourth-order valence-corrected chi connectivity index (χ4v) is 3.26. The molecule has 0 aromatic heterocycles. The van der Waals surface area contributed by atoms with Crippen LogP contribution in [0.4, 0.5) is 13.2 Å². The van der Waals surface area contributed by atoms with E-state index in [4.69, 9.17) is 15.9 Å². The number of hydrogen-bond acceptors (Lipinski definition) is 4. The molecule has 158 valence electrons. The zero-order chi connectivity index (χ0) is 21.4. The molecule has 0 saturated carbocycles. The second-order valence-corrected chi connectivity index (χ2v) is 6.53. The standard InChI is InChI=1S/C21H24F3NO4/c1-3-11-25-19(27)18-13-17(14-7-9-15(10-8-14)21(22,23)24)16(6-5-12-26)20(29-18)28-4-2/h1,7-10,13,16-17,20,26H,4-6,11-12H2,2H3,(H,25,27)/t16-,17+,20+/m1/s1. The molecular formula is C21H24F3NO4. The predicted molar refractivity (Wildman–Crippen MR) is 100 cm³/mol. The summed E-state index contributed by atoms with van der Waals surface area (Å²) in [7, 11) is 0. The normalized spacial score (nSPS) is 21.7. The summed E-state index contributed by atoms with van der Waals surface area (Å²) < 4.78 is 50.1. The minimum Gasteiger partial charge on any atom is -0.459 e. The molecule has 0 bridgehead atoms. The Hall–Kier alpha value is -2.50. The first kappa shape index (κ1) is 22.8. The van der Waals surface area contributed by atoms with Crippen LogP contribution in [0.3, 0.4) is 0 Å². The zero-order valence-corrected chi connectivity index (χ0v) is 16.0. The lowest BCUT2D eigenvalue weighted by Crippen LogP contribution is -2.39. The summed E-state index contributed by atoms with van der Waals surface area (Å²) in [4.78, 5) is 12.3. The summed E-state index contributed by atoms with van der Waals surface area (Å²) in [6.07, 6.45) is 2.48. The molecule has 1 heterocycles. The predicted octanol–water partition coefficient (Wildman–Crippen LogP) is 3.20. The van der Waals surface area contributed by atoms with Crippen molar-refractivity contribution in [3.05, 3.63) is 47.2 Å². The van der Waals surface area contributed by atoms with Gasteiger partial charge in [0.05, 0.1) is 12.1 Å². The van der Waals surface area contributed by atoms with Gasteiger partial charge in [0.25, 0.3) is 5.91 Å². The Labute approximate surface area is 167 Å². The molecule has 1 aliphatic rings. The van der Waals surface area contributed by atoms with Gasteiger partial charge in [-0.25, -0.2) is 0 Å². The van der Waals surface area contributed by atoms with Gasteiger partial charge >= 0.3 is 6.18 Å². The molecule has 29 heavy (non-hydrogen) atoms. The van der Waals surface area contributed by atoms with E-state index in [-0.39, 0.29) is 24.8 Å². The van der Waals surface area contributed by atoms with Crippen LogP contribution < -0.4 is 5.32 Å². The van der Waals surface area contributed by atoms with Crippen molar-refractivity contribution in [1.82, 2.24) is 5.32 Å². The van der Waals surface area contributed by atoms with Gasteiger partial charge in [0.2, 0.25) is 6.29 Å². The Morgan fingerprint density at radius 3 is 2.59 bits per heavy atom. The lowest BCUT2D eigenvalue weighted by molar-refractivity contribution is -0.166. The molecule has 0 spiro atoms. The van der Waals surface area contributed by atoms with Crippen molar-refractivity contribution in [1.29, 1.82) is 0 Å². The molecule has 0 saturated heterocycles. The average molecular weight is 411 g/mol. The van der Waals surface area contributed by atoms with Gasteiger partial charge in [-0.1, -0.05) is 18.1 Å². The van der Waals surface area contributed by atoms with Crippen LogP contribution in [0.1, 0.15) is 36.8 Å². The highest BCUT2D eigenvalue weighted by Crippen LogP contribution is 2.40. The van der Waals surface area contributed by atoms with Gasteiger partial charge in [0.1, 0.15) is 0 Å². The summed E-state index contributed by atoms with van der Waals surface area (Å²) in [5, 5.41) is 11.7. The molecular weight excluding hydrogens is 387 g/mol. The van der Waals surface area contributed by atoms with E-state index in [2.05, 4.69) is 11.2 Å². The smallest absolute Gasteiger partial charge is 0.416 e. The van der Waals surface area contributed by atoms with Gasteiger partial charge in [-0.2, -0.15) is 13.2 Å². The minimum absolute atomic E-state index is 0.00356. The Bertz CT molecular complexity index is 753. The fourth-order valence-electron chi connectivity index (χ4n) is 3.26. The van der Waals surface area contributed by atoms with Crippen molar-refractivity contribution in [3.8, 4) is 12.3 Å². The van der Waals surface area contributed by atoms with Crippen LogP contribution in [-0.2, 0) is 20.4 Å². The molecule has 0 unspecified atom stereocenters. The van der Waals surface area contributed by atoms with E-state index in [1.165, 1.54) is 12.1 Å². The van der Waals surface area contributed by atoms with Crippen molar-refractivity contribution in [2.45, 2.75) is 38.1 Å². The molecule has 3 atom stereocenters. The number of rotatable bonds is 8. The van der Waals surface area contributed by atoms with Gasteiger partial charge in [0, 0.05) is 25.0 Å². The molecule has 0 aliphatic carbocycles. The SMILES string of the molecule is C#CCNC(=O)C1=C[C@@H](c2ccc(C(F)(F)F)cc2)[C@@H](CCCO)[C@@H](OCC)O1. The van der Waals surface area contributed by atoms with Crippen molar-refractivity contribution >= 4 is 5.91 Å². The number of nitrogens with one attached hydrogen (secondary N) is 1. The van der Waals surface area contributed by atoms with E-state index < -0.39 is 29.9 Å². The number of amides is 1. The third-order valence-electron chi connectivity index (χ3n) is 4.61. The Balaban J connectivity index is 2.41. The monoisotopic (exact) mass is 411 g/mol. The number of terminal acetylenes is 1. The number of allylic oxidation sites excluding steroid dienone is 1. The van der Waals surface area contributed by atoms with Gasteiger partial charge in [-0.15, -0.1) is 6.42 Å². The van der Waals surface area contributed by atoms with Crippen molar-refractivity contribution in [3.63, 3.8) is 0 Å². The third kappa shape index (κ3) is 5.99. The Kier molecular flexibility index (Phi) is 8.11. The maximum Gasteiger partial charge on any atom is 0.416 e. The summed E-state index contributed by atoms with van der Waals surface area (Å²) >= 11 is 0. The van der Waals surface area contributed by atoms with E-state index in [0.717, 1.165) is 12.1 Å². The lowest BCUT2D eigenvalue weighted by atomic mass is 9.80. The highest BCUT2D eigenvalue weighted by atomic mass is 19.4. The van der Waals surface area contributed by atoms with Gasteiger partial charge in [-0.3, -0.25) is 4.79 Å². The highest BCUT2D eigenvalue weighted by molar-refractivity contribution is 5.91. The molecule has 8 heteroatoms. The first-order chi connectivity index (χ1) is 13.8. The summed E-state index contributed by atoms with van der Waals surface area (Å²) in [6, 6.07) is 4.80. The van der Waals surface area contributed by atoms with Crippen molar-refractivity contribution in [2.24, 2.45) is 5.92 Å². The van der Waals surface area contributed by atoms with E-state index >= 15 is 0 Å². The summed E-state index contributed by atoms with van der Waals surface area (Å²) in [5.41, 5.74) is -0.159. The second-order valence-electron chi connectivity index (χ2n) is 6.53. The molecule has 2 N–H and O–H groups in total. The van der Waals surface area contributed by atoms with E-state index in [1.807, 2.05) is 0 Å². The first-order valence-electron chi connectivity index (χ1n) is 9.31. The van der Waals surface area contributed by atoms with Crippen LogP contribution in [0.2, 0.25) is 0 Å². The van der Waals surface area contributed by atoms with Crippen LogP contribution >= 0.6 is 0 Å².